The van der Waals surface area contributed by atoms with Crippen LogP contribution in [-0.2, 0) is 14.3 Å². The second-order valence-corrected chi connectivity index (χ2v) is 6.22. The van der Waals surface area contributed by atoms with Gasteiger partial charge in [0.15, 0.2) is 17.5 Å². The predicted molar refractivity (Wildman–Crippen MR) is 82.2 cm³/mol. The number of ketones is 2. The van der Waals surface area contributed by atoms with Gasteiger partial charge in [-0.2, -0.15) is 0 Å². The van der Waals surface area contributed by atoms with Gasteiger partial charge in [0.05, 0.1) is 10.5 Å². The molecule has 0 aromatic heterocycles. The monoisotopic (exact) mass is 321 g/mol. The molecule has 1 aromatic rings. The molecule has 0 radical (unpaired) electrons. The first kappa shape index (κ1) is 18.5. The summed E-state index contributed by atoms with van der Waals surface area (Å²) in [6.07, 6.45) is 0. The Labute approximate surface area is 133 Å². The topological polar surface area (TPSA) is 104 Å². The fourth-order valence-electron chi connectivity index (χ4n) is 1.98. The maximum Gasteiger partial charge on any atom is 0.325 e. The minimum absolute atomic E-state index is 0.277. The molecule has 7 heteroatoms. The minimum Gasteiger partial charge on any atom is -0.459 e. The second kappa shape index (κ2) is 6.68. The van der Waals surface area contributed by atoms with Crippen LogP contribution in [-0.4, -0.2) is 28.1 Å². The maximum absolute atomic E-state index is 12.6. The molecule has 23 heavy (non-hydrogen) atoms. The smallest absolute Gasteiger partial charge is 0.325 e. The number of rotatable bonds is 5. The number of ether oxygens (including phenoxy) is 1. The van der Waals surface area contributed by atoms with Crippen molar-refractivity contribution in [2.75, 3.05) is 0 Å². The van der Waals surface area contributed by atoms with E-state index in [-0.39, 0.29) is 5.56 Å². The van der Waals surface area contributed by atoms with Gasteiger partial charge in [-0.1, -0.05) is 6.07 Å². The summed E-state index contributed by atoms with van der Waals surface area (Å²) in [5, 5.41) is 11.1. The highest BCUT2D eigenvalue weighted by Gasteiger charge is 2.38. The van der Waals surface area contributed by atoms with Crippen molar-refractivity contribution in [2.45, 2.75) is 40.2 Å². The minimum atomic E-state index is -1.71. The summed E-state index contributed by atoms with van der Waals surface area (Å²) in [7, 11) is 0. The van der Waals surface area contributed by atoms with Crippen molar-refractivity contribution in [1.82, 2.24) is 0 Å². The Hall–Kier alpha value is -2.57. The Kier molecular flexibility index (Phi) is 5.37. The van der Waals surface area contributed by atoms with E-state index >= 15 is 0 Å². The Morgan fingerprint density at radius 2 is 1.78 bits per heavy atom. The number of benzene rings is 1. The molecule has 0 saturated heterocycles. The lowest BCUT2D eigenvalue weighted by Crippen LogP contribution is -2.37. The Morgan fingerprint density at radius 1 is 1.22 bits per heavy atom. The van der Waals surface area contributed by atoms with Crippen LogP contribution < -0.4 is 0 Å². The van der Waals surface area contributed by atoms with Crippen LogP contribution in [0.1, 0.15) is 43.6 Å². The molecule has 1 unspecified atom stereocenters. The third-order valence-electron chi connectivity index (χ3n) is 2.93. The zero-order valence-electron chi connectivity index (χ0n) is 13.7. The fourth-order valence-corrected chi connectivity index (χ4v) is 1.98. The molecule has 0 aliphatic heterocycles. The molecule has 0 aliphatic rings. The largest absolute Gasteiger partial charge is 0.459 e. The van der Waals surface area contributed by atoms with Gasteiger partial charge in [0, 0.05) is 6.07 Å². The first-order valence-electron chi connectivity index (χ1n) is 6.96. The summed E-state index contributed by atoms with van der Waals surface area (Å²) in [6.45, 7) is 7.52. The van der Waals surface area contributed by atoms with E-state index in [0.29, 0.717) is 5.56 Å². The van der Waals surface area contributed by atoms with Crippen LogP contribution in [0.4, 0.5) is 5.69 Å². The van der Waals surface area contributed by atoms with Gasteiger partial charge in [0.2, 0.25) is 0 Å². The summed E-state index contributed by atoms with van der Waals surface area (Å²) in [4.78, 5) is 46.8. The van der Waals surface area contributed by atoms with E-state index in [0.717, 1.165) is 6.92 Å². The number of aryl methyl sites for hydroxylation is 1. The number of nitro groups is 1. The van der Waals surface area contributed by atoms with Gasteiger partial charge in [-0.3, -0.25) is 24.5 Å². The number of carbonyl (C=O) groups is 3. The Bertz CT molecular complexity index is 672. The summed E-state index contributed by atoms with van der Waals surface area (Å²) >= 11 is 0. The highest BCUT2D eigenvalue weighted by molar-refractivity contribution is 6.23. The first-order valence-corrected chi connectivity index (χ1v) is 6.96. The fraction of sp³-hybridized carbons (Fsp3) is 0.438. The van der Waals surface area contributed by atoms with Gasteiger partial charge in [0.1, 0.15) is 5.60 Å². The van der Waals surface area contributed by atoms with E-state index < -0.39 is 39.7 Å². The molecule has 0 fully saturated rings. The van der Waals surface area contributed by atoms with Gasteiger partial charge < -0.3 is 4.74 Å². The van der Waals surface area contributed by atoms with E-state index in [1.807, 2.05) is 0 Å². The van der Waals surface area contributed by atoms with Crippen molar-refractivity contribution in [3.8, 4) is 0 Å². The van der Waals surface area contributed by atoms with Gasteiger partial charge in [0.25, 0.3) is 5.69 Å². The molecular weight excluding hydrogens is 302 g/mol. The lowest BCUT2D eigenvalue weighted by molar-refractivity contribution is -0.385. The molecule has 1 rings (SSSR count). The third-order valence-corrected chi connectivity index (χ3v) is 2.93. The van der Waals surface area contributed by atoms with Crippen molar-refractivity contribution >= 4 is 23.2 Å². The number of Topliss-reactive ketones (excluding diaryl/α,β-unsaturated/α-hetero) is 2. The number of nitrogens with zero attached hydrogens (tertiary/aromatic N) is 1. The predicted octanol–water partition coefficient (Wildman–Crippen LogP) is 2.63. The molecule has 0 bridgehead atoms. The summed E-state index contributed by atoms with van der Waals surface area (Å²) in [5.41, 5.74) is -1.01. The van der Waals surface area contributed by atoms with E-state index in [1.165, 1.54) is 18.2 Å². The lowest BCUT2D eigenvalue weighted by Gasteiger charge is -2.22. The van der Waals surface area contributed by atoms with Crippen LogP contribution in [0, 0.1) is 23.0 Å². The molecule has 0 amide bonds. The zero-order valence-corrected chi connectivity index (χ0v) is 13.7. The average molecular weight is 321 g/mol. The van der Waals surface area contributed by atoms with Gasteiger partial charge in [-0.25, -0.2) is 0 Å². The van der Waals surface area contributed by atoms with Crippen molar-refractivity contribution in [2.24, 2.45) is 5.92 Å². The van der Waals surface area contributed by atoms with Crippen LogP contribution in [0.5, 0.6) is 0 Å². The van der Waals surface area contributed by atoms with Crippen LogP contribution in [0.25, 0.3) is 0 Å². The normalized spacial score (nSPS) is 12.4. The number of carbonyl (C=O) groups excluding carboxylic acids is 3. The number of esters is 1. The highest BCUT2D eigenvalue weighted by Crippen LogP contribution is 2.25. The molecule has 0 heterocycles. The molecule has 0 N–H and O–H groups in total. The molecule has 1 atom stereocenters. The second-order valence-electron chi connectivity index (χ2n) is 6.22. The van der Waals surface area contributed by atoms with Crippen LogP contribution in [0.2, 0.25) is 0 Å². The van der Waals surface area contributed by atoms with E-state index in [1.54, 1.807) is 27.7 Å². The summed E-state index contributed by atoms with van der Waals surface area (Å²) in [5.74, 6) is -4.37. The molecular formula is C16H19NO6. The zero-order chi connectivity index (χ0) is 17.9. The Morgan fingerprint density at radius 3 is 2.22 bits per heavy atom. The van der Waals surface area contributed by atoms with Crippen LogP contribution >= 0.6 is 0 Å². The van der Waals surface area contributed by atoms with Crippen molar-refractivity contribution in [3.63, 3.8) is 0 Å². The van der Waals surface area contributed by atoms with E-state index in [9.17, 15) is 24.5 Å². The van der Waals surface area contributed by atoms with Crippen LogP contribution in [0.3, 0.4) is 0 Å². The molecule has 0 aliphatic carbocycles. The molecule has 0 spiro atoms. The van der Waals surface area contributed by atoms with Gasteiger partial charge >= 0.3 is 5.97 Å². The van der Waals surface area contributed by atoms with Gasteiger partial charge in [-0.15, -0.1) is 0 Å². The van der Waals surface area contributed by atoms with Crippen molar-refractivity contribution in [1.29, 1.82) is 0 Å². The number of hydrogen-bond acceptors (Lipinski definition) is 6. The van der Waals surface area contributed by atoms with E-state index in [2.05, 4.69) is 0 Å². The van der Waals surface area contributed by atoms with Crippen molar-refractivity contribution < 1.29 is 24.0 Å². The summed E-state index contributed by atoms with van der Waals surface area (Å²) in [6, 6.07) is 3.95. The average Bonchev–Trinajstić information content (AvgIpc) is 2.35. The molecule has 1 aromatic carbocycles. The van der Waals surface area contributed by atoms with E-state index in [4.69, 9.17) is 4.74 Å². The maximum atomic E-state index is 12.6. The Balaban J connectivity index is 3.33. The van der Waals surface area contributed by atoms with Gasteiger partial charge in [-0.05, 0) is 46.2 Å². The summed E-state index contributed by atoms with van der Waals surface area (Å²) < 4.78 is 5.08. The molecule has 0 saturated carbocycles. The molecule has 7 nitrogen and oxygen atoms in total. The standard InChI is InChI=1S/C16H19NO6/c1-9-6-7-12(17(21)22)11(8-9)14(19)13(10(2)18)15(20)23-16(3,4)5/h6-8,13H,1-5H3. The SMILES string of the molecule is CC(=O)C(C(=O)OC(C)(C)C)C(=O)c1cc(C)ccc1[N+](=O)[O-]. The quantitative estimate of drug-likeness (QED) is 0.271. The van der Waals surface area contributed by atoms with Crippen LogP contribution in [0.15, 0.2) is 18.2 Å². The van der Waals surface area contributed by atoms with Crippen molar-refractivity contribution in [3.05, 3.63) is 39.4 Å². The number of nitro benzene ring substituents is 1. The third kappa shape index (κ3) is 4.70. The highest BCUT2D eigenvalue weighted by atomic mass is 16.6. The lowest BCUT2D eigenvalue weighted by atomic mass is 9.92. The number of hydrogen-bond donors (Lipinski definition) is 0. The first-order chi connectivity index (χ1) is 10.4. The molecule has 124 valence electrons.